The second-order valence-corrected chi connectivity index (χ2v) is 5.00. The molecule has 0 N–H and O–H groups in total. The zero-order valence-electron chi connectivity index (χ0n) is 12.9. The molecule has 2 aromatic rings. The van der Waals surface area contributed by atoms with Crippen LogP contribution in [0, 0.1) is 0 Å². The number of benzene rings is 2. The fourth-order valence-electron chi connectivity index (χ4n) is 2.33. The number of nitrogens with zero attached hydrogens (tertiary/aromatic N) is 1. The third-order valence-corrected chi connectivity index (χ3v) is 3.46. The molecule has 0 aliphatic carbocycles. The normalized spacial score (nSPS) is 10.6. The van der Waals surface area contributed by atoms with E-state index in [0.717, 1.165) is 11.3 Å². The van der Waals surface area contributed by atoms with Crippen molar-refractivity contribution in [1.82, 2.24) is 0 Å². The fourth-order valence-corrected chi connectivity index (χ4v) is 2.33. The molecule has 0 unspecified atom stereocenters. The number of hydrogen-bond acceptors (Lipinski definition) is 2. The van der Waals surface area contributed by atoms with Crippen LogP contribution in [0.1, 0.15) is 18.9 Å². The zero-order chi connectivity index (χ0) is 16.7. The molecular weight excluding hydrogens is 300 g/mol. The van der Waals surface area contributed by atoms with Crippen molar-refractivity contribution < 1.29 is 18.3 Å². The average molecular weight is 319 g/mol. The summed E-state index contributed by atoms with van der Waals surface area (Å²) in [4.78, 5) is 14.1. The Balaban J connectivity index is 1.93. The first kappa shape index (κ1) is 16.9. The first-order valence-corrected chi connectivity index (χ1v) is 7.49. The maximum atomic E-state index is 12.4. The Morgan fingerprint density at radius 1 is 1.09 bits per heavy atom. The number of rotatable bonds is 7. The largest absolute Gasteiger partial charge is 0.435 e. The molecule has 0 bridgehead atoms. The van der Waals surface area contributed by atoms with Gasteiger partial charge >= 0.3 is 6.61 Å². The van der Waals surface area contributed by atoms with E-state index >= 15 is 0 Å². The van der Waals surface area contributed by atoms with Crippen LogP contribution in [0.2, 0.25) is 0 Å². The van der Waals surface area contributed by atoms with Gasteiger partial charge in [-0.3, -0.25) is 4.79 Å². The van der Waals surface area contributed by atoms with Gasteiger partial charge in [-0.05, 0) is 43.2 Å². The smallest absolute Gasteiger partial charge is 0.387 e. The van der Waals surface area contributed by atoms with Crippen molar-refractivity contribution in [2.24, 2.45) is 0 Å². The molecule has 0 aliphatic rings. The minimum absolute atomic E-state index is 0.0339. The summed E-state index contributed by atoms with van der Waals surface area (Å²) in [6, 6.07) is 15.9. The Labute approximate surface area is 134 Å². The summed E-state index contributed by atoms with van der Waals surface area (Å²) in [5.74, 6) is 0.154. The SMILES string of the molecule is CCN(C(=O)CCc1ccc(OC(F)F)cc1)c1ccccc1. The summed E-state index contributed by atoms with van der Waals surface area (Å²) in [6.45, 7) is -0.294. The standard InChI is InChI=1S/C18H19F2NO2/c1-2-21(15-6-4-3-5-7-15)17(22)13-10-14-8-11-16(12-9-14)23-18(19)20/h3-9,11-12,18H,2,10,13H2,1H3. The number of anilines is 1. The van der Waals surface area contributed by atoms with E-state index in [1.165, 1.54) is 12.1 Å². The van der Waals surface area contributed by atoms with Gasteiger partial charge in [0.2, 0.25) is 5.91 Å². The summed E-state index contributed by atoms with van der Waals surface area (Å²) in [6.07, 6.45) is 0.912. The van der Waals surface area contributed by atoms with Gasteiger partial charge in [0.15, 0.2) is 0 Å². The maximum absolute atomic E-state index is 12.4. The molecular formula is C18H19F2NO2. The van der Waals surface area contributed by atoms with Crippen LogP contribution in [-0.4, -0.2) is 19.1 Å². The van der Waals surface area contributed by atoms with Crippen molar-refractivity contribution in [2.75, 3.05) is 11.4 Å². The minimum Gasteiger partial charge on any atom is -0.435 e. The van der Waals surface area contributed by atoms with Crippen LogP contribution in [0.25, 0.3) is 0 Å². The van der Waals surface area contributed by atoms with Gasteiger partial charge in [0.25, 0.3) is 0 Å². The van der Waals surface area contributed by atoms with Crippen LogP contribution in [0.15, 0.2) is 54.6 Å². The highest BCUT2D eigenvalue weighted by Crippen LogP contribution is 2.18. The molecule has 122 valence electrons. The number of carbonyl (C=O) groups is 1. The van der Waals surface area contributed by atoms with Crippen LogP contribution in [0.3, 0.4) is 0 Å². The van der Waals surface area contributed by atoms with Crippen molar-refractivity contribution in [1.29, 1.82) is 0 Å². The quantitative estimate of drug-likeness (QED) is 0.762. The van der Waals surface area contributed by atoms with Crippen LogP contribution >= 0.6 is 0 Å². The van der Waals surface area contributed by atoms with Crippen molar-refractivity contribution >= 4 is 11.6 Å². The lowest BCUT2D eigenvalue weighted by Gasteiger charge is -2.21. The number of amides is 1. The Hall–Kier alpha value is -2.43. The van der Waals surface area contributed by atoms with Gasteiger partial charge in [0.1, 0.15) is 5.75 Å². The van der Waals surface area contributed by atoms with E-state index in [1.54, 1.807) is 17.0 Å². The second kappa shape index (κ2) is 8.27. The molecule has 0 aliphatic heterocycles. The Bertz CT molecular complexity index is 615. The van der Waals surface area contributed by atoms with E-state index in [4.69, 9.17) is 0 Å². The highest BCUT2D eigenvalue weighted by molar-refractivity contribution is 5.93. The highest BCUT2D eigenvalue weighted by atomic mass is 19.3. The monoisotopic (exact) mass is 319 g/mol. The Morgan fingerprint density at radius 3 is 2.30 bits per heavy atom. The molecule has 2 rings (SSSR count). The van der Waals surface area contributed by atoms with E-state index < -0.39 is 6.61 Å². The molecule has 2 aromatic carbocycles. The molecule has 1 amide bonds. The summed E-state index contributed by atoms with van der Waals surface area (Å²) in [7, 11) is 0. The molecule has 0 fully saturated rings. The number of carbonyl (C=O) groups excluding carboxylic acids is 1. The topological polar surface area (TPSA) is 29.5 Å². The first-order chi connectivity index (χ1) is 11.1. The van der Waals surface area contributed by atoms with Gasteiger partial charge in [-0.15, -0.1) is 0 Å². The molecule has 0 saturated heterocycles. The molecule has 0 spiro atoms. The number of ether oxygens (including phenoxy) is 1. The minimum atomic E-state index is -2.83. The zero-order valence-corrected chi connectivity index (χ0v) is 12.9. The number of para-hydroxylation sites is 1. The van der Waals surface area contributed by atoms with Crippen LogP contribution in [-0.2, 0) is 11.2 Å². The Morgan fingerprint density at radius 2 is 1.74 bits per heavy atom. The number of aryl methyl sites for hydroxylation is 1. The lowest BCUT2D eigenvalue weighted by atomic mass is 10.1. The molecule has 0 atom stereocenters. The van der Waals surface area contributed by atoms with Gasteiger partial charge in [-0.1, -0.05) is 30.3 Å². The van der Waals surface area contributed by atoms with Crippen LogP contribution < -0.4 is 9.64 Å². The highest BCUT2D eigenvalue weighted by Gasteiger charge is 2.13. The van der Waals surface area contributed by atoms with Gasteiger partial charge in [0.05, 0.1) is 0 Å². The van der Waals surface area contributed by atoms with E-state index in [9.17, 15) is 13.6 Å². The van der Waals surface area contributed by atoms with E-state index in [2.05, 4.69) is 4.74 Å². The van der Waals surface area contributed by atoms with Gasteiger partial charge < -0.3 is 9.64 Å². The summed E-state index contributed by atoms with van der Waals surface area (Å²) in [5.41, 5.74) is 1.78. The van der Waals surface area contributed by atoms with E-state index in [1.807, 2.05) is 37.3 Å². The lowest BCUT2D eigenvalue weighted by molar-refractivity contribution is -0.118. The van der Waals surface area contributed by atoms with E-state index in [0.29, 0.717) is 19.4 Å². The predicted molar refractivity (Wildman–Crippen MR) is 85.9 cm³/mol. The van der Waals surface area contributed by atoms with Crippen molar-refractivity contribution in [3.63, 3.8) is 0 Å². The molecule has 5 heteroatoms. The summed E-state index contributed by atoms with van der Waals surface area (Å²) < 4.78 is 28.5. The third-order valence-electron chi connectivity index (χ3n) is 3.46. The molecule has 23 heavy (non-hydrogen) atoms. The molecule has 0 radical (unpaired) electrons. The molecule has 0 heterocycles. The van der Waals surface area contributed by atoms with Crippen molar-refractivity contribution in [3.05, 3.63) is 60.2 Å². The summed E-state index contributed by atoms with van der Waals surface area (Å²) in [5, 5.41) is 0. The van der Waals surface area contributed by atoms with Crippen molar-refractivity contribution in [2.45, 2.75) is 26.4 Å². The fraction of sp³-hybridized carbons (Fsp3) is 0.278. The maximum Gasteiger partial charge on any atom is 0.387 e. The van der Waals surface area contributed by atoms with Crippen molar-refractivity contribution in [3.8, 4) is 5.75 Å². The third kappa shape index (κ3) is 5.06. The predicted octanol–water partition coefficient (Wildman–Crippen LogP) is 4.27. The van der Waals surface area contributed by atoms with E-state index in [-0.39, 0.29) is 11.7 Å². The Kier molecular flexibility index (Phi) is 6.09. The number of halogens is 2. The second-order valence-electron chi connectivity index (χ2n) is 5.00. The lowest BCUT2D eigenvalue weighted by Crippen LogP contribution is -2.30. The molecule has 0 saturated carbocycles. The first-order valence-electron chi connectivity index (χ1n) is 7.49. The van der Waals surface area contributed by atoms with Crippen LogP contribution in [0.5, 0.6) is 5.75 Å². The molecule has 3 nitrogen and oxygen atoms in total. The number of alkyl halides is 2. The average Bonchev–Trinajstić information content (AvgIpc) is 2.55. The van der Waals surface area contributed by atoms with Gasteiger partial charge in [0, 0.05) is 18.7 Å². The molecule has 0 aromatic heterocycles. The van der Waals surface area contributed by atoms with Crippen LogP contribution in [0.4, 0.5) is 14.5 Å². The van der Waals surface area contributed by atoms with Gasteiger partial charge in [-0.2, -0.15) is 8.78 Å². The van der Waals surface area contributed by atoms with Gasteiger partial charge in [-0.25, -0.2) is 0 Å². The summed E-state index contributed by atoms with van der Waals surface area (Å²) >= 11 is 0. The number of hydrogen-bond donors (Lipinski definition) is 0.